The van der Waals surface area contributed by atoms with Crippen LogP contribution in [0.4, 0.5) is 0 Å². The third-order valence-corrected chi connectivity index (χ3v) is 13.4. The van der Waals surface area contributed by atoms with E-state index in [0.717, 1.165) is 22.3 Å². The third-order valence-electron chi connectivity index (χ3n) is 11.3. The maximum Gasteiger partial charge on any atom is 0.164 e. The topological polar surface area (TPSA) is 51.6 Å². The van der Waals surface area contributed by atoms with Gasteiger partial charge in [-0.25, -0.2) is 15.0 Å². The molecule has 7 aromatic carbocycles. The summed E-state index contributed by atoms with van der Waals surface area (Å²) in [7, 11) is -1.70. The molecule has 9 aromatic rings. The van der Waals surface area contributed by atoms with E-state index < -0.39 is 13.5 Å². The first-order valence-electron chi connectivity index (χ1n) is 21.9. The van der Waals surface area contributed by atoms with Gasteiger partial charge in [-0.1, -0.05) is 195 Å². The summed E-state index contributed by atoms with van der Waals surface area (Å²) in [5.41, 5.74) is 10.5. The first-order valence-corrected chi connectivity index (χ1v) is 23.4. The number of nitrogens with zero attached hydrogens (tertiary/aromatic N) is 4. The summed E-state index contributed by atoms with van der Waals surface area (Å²) in [6.07, 6.45) is 3.43. The molecule has 0 unspecified atom stereocenters. The van der Waals surface area contributed by atoms with Gasteiger partial charge in [0.05, 0.1) is 19.0 Å². The number of fused-ring (bicyclic) bond motifs is 3. The van der Waals surface area contributed by atoms with Crippen LogP contribution in [-0.2, 0) is 5.41 Å². The quantitative estimate of drug-likeness (QED) is 0.144. The van der Waals surface area contributed by atoms with Gasteiger partial charge in [-0.15, -0.1) is 0 Å². The average Bonchev–Trinajstić information content (AvgIpc) is 3.61. The van der Waals surface area contributed by atoms with Crippen molar-refractivity contribution in [3.05, 3.63) is 223 Å². The van der Waals surface area contributed by atoms with Crippen LogP contribution in [0.1, 0.15) is 27.7 Å². The second-order valence-electron chi connectivity index (χ2n) is 16.0. The van der Waals surface area contributed by atoms with Crippen molar-refractivity contribution in [2.24, 2.45) is 0 Å². The van der Waals surface area contributed by atoms with Gasteiger partial charge in [0, 0.05) is 40.2 Å². The second-order valence-corrected chi connectivity index (χ2v) is 21.1. The van der Waals surface area contributed by atoms with E-state index in [4.69, 9.17) is 22.7 Å². The molecule has 0 fully saturated rings. The molecule has 0 N–H and O–H groups in total. The van der Waals surface area contributed by atoms with Gasteiger partial charge >= 0.3 is 0 Å². The fourth-order valence-electron chi connectivity index (χ4n) is 8.39. The fraction of sp³-hybridized carbons (Fsp3) is 0.0741. The lowest BCUT2D eigenvalue weighted by Crippen LogP contribution is -2.39. The molecule has 0 spiro atoms. The van der Waals surface area contributed by atoms with E-state index in [0.29, 0.717) is 17.2 Å². The smallest absolute Gasteiger partial charge is 0.164 e. The maximum atomic E-state index is 9.65. The van der Waals surface area contributed by atoms with Gasteiger partial charge in [-0.2, -0.15) is 0 Å². The summed E-state index contributed by atoms with van der Waals surface area (Å²) in [6.45, 7) is 7.18. The zero-order chi connectivity index (χ0) is 43.5. The molecule has 0 aliphatic heterocycles. The summed E-state index contributed by atoms with van der Waals surface area (Å²) in [4.78, 5) is 19.1. The molecule has 1 aliphatic rings. The zero-order valence-electron chi connectivity index (χ0n) is 37.0. The largest absolute Gasteiger partial charge is 0.263 e. The zero-order valence-corrected chi connectivity index (χ0v) is 34.0. The molecule has 282 valence electrons. The van der Waals surface area contributed by atoms with Crippen LogP contribution < -0.4 is 5.19 Å². The average molecular weight is 779 g/mol. The molecule has 2 aromatic heterocycles. The predicted molar refractivity (Wildman–Crippen MR) is 245 cm³/mol. The van der Waals surface area contributed by atoms with E-state index >= 15 is 0 Å². The van der Waals surface area contributed by atoms with Gasteiger partial charge in [0.2, 0.25) is 0 Å². The highest BCUT2D eigenvalue weighted by atomic mass is 28.3. The molecule has 0 saturated carbocycles. The molecule has 0 saturated heterocycles. The van der Waals surface area contributed by atoms with Crippen LogP contribution in [0.3, 0.4) is 0 Å². The minimum Gasteiger partial charge on any atom is -0.263 e. The van der Waals surface area contributed by atoms with Crippen LogP contribution in [0, 0.1) is 0 Å². The van der Waals surface area contributed by atoms with E-state index in [1.165, 1.54) is 38.6 Å². The Balaban J connectivity index is 1.15. The lowest BCUT2D eigenvalue weighted by molar-refractivity contribution is 0.769. The molecule has 1 aliphatic carbocycles. The number of rotatable bonds is 8. The number of benzene rings is 7. The number of pyridine rings is 1. The Kier molecular flexibility index (Phi) is 7.95. The van der Waals surface area contributed by atoms with Crippen LogP contribution >= 0.6 is 0 Å². The Hall–Kier alpha value is -7.08. The summed E-state index contributed by atoms with van der Waals surface area (Å²) in [5.74, 6) is 0.843. The normalized spacial score (nSPS) is 13.7. The molecule has 5 heteroatoms. The SMILES string of the molecule is [2H]c1c([2H])c(-c2cncc(-c3ccc4c(c3)C(c3ccccc3)(c3ccccc3)c3cc([Si](C)(C)C)ccc3-4)c2)c([2H])c(-c2nc(-c3ccccc3)nc(-c3ccccc3)n2)c1[2H]. The summed E-state index contributed by atoms with van der Waals surface area (Å²) in [6, 6.07) is 55.2. The van der Waals surface area contributed by atoms with E-state index in [9.17, 15) is 2.74 Å². The molecule has 0 radical (unpaired) electrons. The molecule has 4 nitrogen and oxygen atoms in total. The van der Waals surface area contributed by atoms with Crippen molar-refractivity contribution in [3.63, 3.8) is 0 Å². The monoisotopic (exact) mass is 778 g/mol. The first-order chi connectivity index (χ1) is 30.5. The molecule has 59 heavy (non-hydrogen) atoms. The second kappa shape index (κ2) is 14.7. The number of aromatic nitrogens is 4. The van der Waals surface area contributed by atoms with Crippen molar-refractivity contribution in [2.45, 2.75) is 25.1 Å². The third kappa shape index (κ3) is 6.50. The first kappa shape index (κ1) is 31.9. The van der Waals surface area contributed by atoms with Crippen LogP contribution in [-0.4, -0.2) is 28.0 Å². The van der Waals surface area contributed by atoms with Crippen molar-refractivity contribution < 1.29 is 5.48 Å². The van der Waals surface area contributed by atoms with Crippen molar-refractivity contribution in [3.8, 4) is 67.5 Å². The van der Waals surface area contributed by atoms with E-state index in [2.05, 4.69) is 117 Å². The van der Waals surface area contributed by atoms with E-state index in [1.807, 2.05) is 72.9 Å². The Morgan fingerprint density at radius 2 is 0.915 bits per heavy atom. The van der Waals surface area contributed by atoms with Gasteiger partial charge < -0.3 is 0 Å². The lowest BCUT2D eigenvalue weighted by atomic mass is 9.67. The molecule has 0 bridgehead atoms. The van der Waals surface area contributed by atoms with Gasteiger partial charge in [-0.05, 0) is 62.7 Å². The van der Waals surface area contributed by atoms with E-state index in [-0.39, 0.29) is 41.1 Å². The number of hydrogen-bond acceptors (Lipinski definition) is 4. The molecule has 2 heterocycles. The molecular weight excluding hydrogens is 733 g/mol. The predicted octanol–water partition coefficient (Wildman–Crippen LogP) is 12.5. The van der Waals surface area contributed by atoms with Gasteiger partial charge in [0.15, 0.2) is 17.5 Å². The van der Waals surface area contributed by atoms with Crippen LogP contribution in [0.5, 0.6) is 0 Å². The highest BCUT2D eigenvalue weighted by Gasteiger charge is 2.46. The molecule has 0 amide bonds. The van der Waals surface area contributed by atoms with Crippen molar-refractivity contribution >= 4 is 13.3 Å². The van der Waals surface area contributed by atoms with Crippen LogP contribution in [0.25, 0.3) is 67.5 Å². The summed E-state index contributed by atoms with van der Waals surface area (Å²) >= 11 is 0. The molecule has 10 rings (SSSR count). The minimum absolute atomic E-state index is 0.0525. The van der Waals surface area contributed by atoms with Gasteiger partial charge in [0.25, 0.3) is 0 Å². The van der Waals surface area contributed by atoms with Crippen molar-refractivity contribution in [2.75, 3.05) is 0 Å². The minimum atomic E-state index is -1.70. The summed E-state index contributed by atoms with van der Waals surface area (Å²) in [5, 5.41) is 1.40. The Bertz CT molecular complexity index is 3100. The van der Waals surface area contributed by atoms with Gasteiger partial charge in [0.1, 0.15) is 0 Å². The summed E-state index contributed by atoms with van der Waals surface area (Å²) < 4.78 is 37.0. The van der Waals surface area contributed by atoms with Crippen LogP contribution in [0.15, 0.2) is 200 Å². The molecule has 0 atom stereocenters. The standard InChI is InChI=1S/C54H42N4Si/c1-59(2,3)46-28-30-48-47-29-27-40(33-49(47)54(50(48)34-46,44-23-12-6-13-24-44)45-25-14-7-15-26-45)43-32-42(35-55-36-43)39-21-16-22-41(31-39)53-57-51(37-17-8-4-9-18-37)56-52(58-53)38-19-10-5-11-20-38/h4-36H,1-3H3/i16D,21D,22D,31D. The highest BCUT2D eigenvalue weighted by Crippen LogP contribution is 2.56. The fourth-order valence-corrected chi connectivity index (χ4v) is 9.55. The Morgan fingerprint density at radius 3 is 1.47 bits per heavy atom. The van der Waals surface area contributed by atoms with Crippen molar-refractivity contribution in [1.29, 1.82) is 0 Å². The van der Waals surface area contributed by atoms with E-state index in [1.54, 1.807) is 6.20 Å². The van der Waals surface area contributed by atoms with Crippen LogP contribution in [0.2, 0.25) is 19.6 Å². The maximum absolute atomic E-state index is 9.65. The van der Waals surface area contributed by atoms with Gasteiger partial charge in [-0.3, -0.25) is 4.98 Å². The highest BCUT2D eigenvalue weighted by molar-refractivity contribution is 6.88. The number of hydrogen-bond donors (Lipinski definition) is 0. The molecular formula is C54H42N4Si. The Morgan fingerprint density at radius 1 is 0.441 bits per heavy atom. The van der Waals surface area contributed by atoms with Crippen molar-refractivity contribution in [1.82, 2.24) is 19.9 Å². The Labute approximate surface area is 352 Å². The lowest BCUT2D eigenvalue weighted by Gasteiger charge is -2.35.